The summed E-state index contributed by atoms with van der Waals surface area (Å²) in [7, 11) is 0. The van der Waals surface area contributed by atoms with E-state index in [9.17, 15) is 4.79 Å². The molecule has 5 heteroatoms. The Morgan fingerprint density at radius 3 is 2.64 bits per heavy atom. The number of hydrogen-bond donors (Lipinski definition) is 1. The molecule has 110 valence electrons. The van der Waals surface area contributed by atoms with E-state index >= 15 is 0 Å². The predicted molar refractivity (Wildman–Crippen MR) is 86.1 cm³/mol. The molecule has 0 unspecified atom stereocenters. The third-order valence-electron chi connectivity index (χ3n) is 3.24. The fraction of sp³-hybridized carbons (Fsp3) is 0.0588. The minimum atomic E-state index is -0.323. The number of benzene rings is 2. The minimum Gasteiger partial charge on any atom is -0.355 e. The SMILES string of the molecule is Cc1cc(Cl)ccc1NC(=O)c1cc(-c2ccccc2)on1. The summed E-state index contributed by atoms with van der Waals surface area (Å²) < 4.78 is 5.23. The summed E-state index contributed by atoms with van der Waals surface area (Å²) >= 11 is 5.90. The number of carbonyl (C=O) groups excluding carboxylic acids is 1. The Hall–Kier alpha value is -2.59. The van der Waals surface area contributed by atoms with Gasteiger partial charge in [-0.1, -0.05) is 47.1 Å². The van der Waals surface area contributed by atoms with Crippen LogP contribution in [0, 0.1) is 6.92 Å². The molecule has 0 radical (unpaired) electrons. The van der Waals surface area contributed by atoms with Crippen molar-refractivity contribution in [2.45, 2.75) is 6.92 Å². The molecule has 4 nitrogen and oxygen atoms in total. The topological polar surface area (TPSA) is 55.1 Å². The van der Waals surface area contributed by atoms with Gasteiger partial charge in [-0.25, -0.2) is 0 Å². The molecule has 22 heavy (non-hydrogen) atoms. The number of nitrogens with one attached hydrogen (secondary N) is 1. The van der Waals surface area contributed by atoms with E-state index in [1.165, 1.54) is 0 Å². The van der Waals surface area contributed by atoms with Gasteiger partial charge in [-0.15, -0.1) is 0 Å². The van der Waals surface area contributed by atoms with Crippen LogP contribution in [-0.2, 0) is 0 Å². The second-order valence-electron chi connectivity index (χ2n) is 4.86. The van der Waals surface area contributed by atoms with E-state index in [0.717, 1.165) is 11.1 Å². The van der Waals surface area contributed by atoms with Crippen molar-refractivity contribution in [1.82, 2.24) is 5.16 Å². The van der Waals surface area contributed by atoms with Crippen LogP contribution in [0.25, 0.3) is 11.3 Å². The fourth-order valence-corrected chi connectivity index (χ4v) is 2.30. The Kier molecular flexibility index (Phi) is 3.94. The van der Waals surface area contributed by atoms with Gasteiger partial charge in [-0.05, 0) is 30.7 Å². The molecule has 0 saturated heterocycles. The molecule has 0 atom stereocenters. The first-order chi connectivity index (χ1) is 10.6. The van der Waals surface area contributed by atoms with Gasteiger partial charge in [0.1, 0.15) is 0 Å². The number of amides is 1. The van der Waals surface area contributed by atoms with E-state index in [1.807, 2.05) is 37.3 Å². The number of aromatic nitrogens is 1. The maximum Gasteiger partial charge on any atom is 0.277 e. The van der Waals surface area contributed by atoms with Gasteiger partial charge in [0, 0.05) is 22.3 Å². The van der Waals surface area contributed by atoms with Crippen LogP contribution in [0.1, 0.15) is 16.1 Å². The van der Waals surface area contributed by atoms with E-state index in [4.69, 9.17) is 16.1 Å². The van der Waals surface area contributed by atoms with Crippen molar-refractivity contribution in [2.24, 2.45) is 0 Å². The molecule has 0 spiro atoms. The van der Waals surface area contributed by atoms with Gasteiger partial charge in [0.25, 0.3) is 5.91 Å². The molecule has 0 aliphatic carbocycles. The van der Waals surface area contributed by atoms with Crippen LogP contribution in [-0.4, -0.2) is 11.1 Å². The zero-order chi connectivity index (χ0) is 15.5. The molecule has 1 heterocycles. The summed E-state index contributed by atoms with van der Waals surface area (Å²) in [6, 6.07) is 16.4. The number of nitrogens with zero attached hydrogens (tertiary/aromatic N) is 1. The maximum atomic E-state index is 12.2. The van der Waals surface area contributed by atoms with Gasteiger partial charge in [0.05, 0.1) is 0 Å². The number of halogens is 1. The number of anilines is 1. The van der Waals surface area contributed by atoms with Crippen LogP contribution < -0.4 is 5.32 Å². The van der Waals surface area contributed by atoms with E-state index < -0.39 is 0 Å². The second-order valence-corrected chi connectivity index (χ2v) is 5.29. The highest BCUT2D eigenvalue weighted by atomic mass is 35.5. The monoisotopic (exact) mass is 312 g/mol. The molecule has 2 aromatic carbocycles. The van der Waals surface area contributed by atoms with Gasteiger partial charge >= 0.3 is 0 Å². The molecular weight excluding hydrogens is 300 g/mol. The summed E-state index contributed by atoms with van der Waals surface area (Å²) in [6.45, 7) is 1.87. The number of hydrogen-bond acceptors (Lipinski definition) is 3. The minimum absolute atomic E-state index is 0.230. The molecule has 0 aliphatic rings. The summed E-state index contributed by atoms with van der Waals surface area (Å²) in [5, 5.41) is 7.25. The largest absolute Gasteiger partial charge is 0.355 e. The van der Waals surface area contributed by atoms with E-state index in [1.54, 1.807) is 24.3 Å². The van der Waals surface area contributed by atoms with Gasteiger partial charge in [0.2, 0.25) is 0 Å². The van der Waals surface area contributed by atoms with E-state index in [0.29, 0.717) is 16.5 Å². The van der Waals surface area contributed by atoms with Gasteiger partial charge in [0.15, 0.2) is 11.5 Å². The Labute approximate surface area is 132 Å². The third kappa shape index (κ3) is 3.02. The van der Waals surface area contributed by atoms with Gasteiger partial charge < -0.3 is 9.84 Å². The number of aryl methyl sites for hydroxylation is 1. The Morgan fingerprint density at radius 2 is 1.91 bits per heavy atom. The van der Waals surface area contributed by atoms with Gasteiger partial charge in [-0.2, -0.15) is 0 Å². The quantitative estimate of drug-likeness (QED) is 0.771. The Morgan fingerprint density at radius 1 is 1.14 bits per heavy atom. The van der Waals surface area contributed by atoms with Crippen molar-refractivity contribution in [3.8, 4) is 11.3 Å². The summed E-state index contributed by atoms with van der Waals surface area (Å²) in [5.41, 5.74) is 2.68. The van der Waals surface area contributed by atoms with Crippen molar-refractivity contribution in [3.05, 3.63) is 70.9 Å². The van der Waals surface area contributed by atoms with Crippen LogP contribution in [0.2, 0.25) is 5.02 Å². The van der Waals surface area contributed by atoms with Crippen molar-refractivity contribution in [3.63, 3.8) is 0 Å². The standard InChI is InChI=1S/C17H13ClN2O2/c1-11-9-13(18)7-8-14(11)19-17(21)15-10-16(22-20-15)12-5-3-2-4-6-12/h2-10H,1H3,(H,19,21). The smallest absolute Gasteiger partial charge is 0.277 e. The average Bonchev–Trinajstić information content (AvgIpc) is 3.01. The van der Waals surface area contributed by atoms with Gasteiger partial charge in [-0.3, -0.25) is 4.79 Å². The molecule has 3 rings (SSSR count). The summed E-state index contributed by atoms with van der Waals surface area (Å²) in [5.74, 6) is 0.231. The Balaban J connectivity index is 1.80. The maximum absolute atomic E-state index is 12.2. The molecule has 0 bridgehead atoms. The molecule has 3 aromatic rings. The lowest BCUT2D eigenvalue weighted by atomic mass is 10.1. The Bertz CT molecular complexity index is 813. The molecular formula is C17H13ClN2O2. The molecule has 1 aromatic heterocycles. The van der Waals surface area contributed by atoms with Crippen LogP contribution in [0.4, 0.5) is 5.69 Å². The molecule has 0 aliphatic heterocycles. The first-order valence-corrected chi connectivity index (χ1v) is 7.11. The van der Waals surface area contributed by atoms with Crippen LogP contribution >= 0.6 is 11.6 Å². The fourth-order valence-electron chi connectivity index (χ4n) is 2.07. The predicted octanol–water partition coefficient (Wildman–Crippen LogP) is 4.56. The first kappa shape index (κ1) is 14.4. The normalized spacial score (nSPS) is 10.5. The molecule has 1 amide bonds. The summed E-state index contributed by atoms with van der Waals surface area (Å²) in [6.07, 6.45) is 0. The average molecular weight is 313 g/mol. The lowest BCUT2D eigenvalue weighted by Gasteiger charge is -2.06. The molecule has 1 N–H and O–H groups in total. The van der Waals surface area contributed by atoms with E-state index in [-0.39, 0.29) is 11.6 Å². The van der Waals surface area contributed by atoms with Crippen LogP contribution in [0.15, 0.2) is 59.1 Å². The number of carbonyl (C=O) groups is 1. The highest BCUT2D eigenvalue weighted by Crippen LogP contribution is 2.22. The zero-order valence-corrected chi connectivity index (χ0v) is 12.6. The van der Waals surface area contributed by atoms with Crippen molar-refractivity contribution in [1.29, 1.82) is 0 Å². The second kappa shape index (κ2) is 6.03. The van der Waals surface area contributed by atoms with Crippen molar-refractivity contribution in [2.75, 3.05) is 5.32 Å². The molecule has 0 fully saturated rings. The summed E-state index contributed by atoms with van der Waals surface area (Å²) in [4.78, 5) is 12.2. The van der Waals surface area contributed by atoms with Crippen molar-refractivity contribution >= 4 is 23.2 Å². The lowest BCUT2D eigenvalue weighted by Crippen LogP contribution is -2.12. The third-order valence-corrected chi connectivity index (χ3v) is 3.47. The highest BCUT2D eigenvalue weighted by molar-refractivity contribution is 6.30. The number of rotatable bonds is 3. The van der Waals surface area contributed by atoms with Crippen molar-refractivity contribution < 1.29 is 9.32 Å². The zero-order valence-electron chi connectivity index (χ0n) is 11.8. The van der Waals surface area contributed by atoms with E-state index in [2.05, 4.69) is 10.5 Å². The van der Waals surface area contributed by atoms with Crippen LogP contribution in [0.3, 0.4) is 0 Å². The first-order valence-electron chi connectivity index (χ1n) is 6.73. The molecule has 0 saturated carbocycles. The highest BCUT2D eigenvalue weighted by Gasteiger charge is 2.14. The van der Waals surface area contributed by atoms with Crippen LogP contribution in [0.5, 0.6) is 0 Å². The lowest BCUT2D eigenvalue weighted by molar-refractivity contribution is 0.101.